The third-order valence-electron chi connectivity index (χ3n) is 13.8. The molecule has 6 aromatic carbocycles. The molecule has 1 fully saturated rings. The third-order valence-corrected chi connectivity index (χ3v) is 13.8. The van der Waals surface area contributed by atoms with Crippen LogP contribution in [0.25, 0.3) is 22.3 Å². The number of aromatic hydroxyl groups is 2. The molecule has 0 atom stereocenters. The summed E-state index contributed by atoms with van der Waals surface area (Å²) in [6.45, 7) is 20.5. The second-order valence-electron chi connectivity index (χ2n) is 17.8. The molecule has 1 aliphatic heterocycles. The first kappa shape index (κ1) is 38.3. The topological polar surface area (TPSA) is 50.2 Å². The first-order valence-corrected chi connectivity index (χ1v) is 21.2. The highest BCUT2D eigenvalue weighted by Crippen LogP contribution is 2.56. The summed E-state index contributed by atoms with van der Waals surface area (Å²) in [5, 5.41) is 25.0. The summed E-state index contributed by atoms with van der Waals surface area (Å²) in [4.78, 5) is 7.59. The second kappa shape index (κ2) is 14.9. The molecule has 1 heterocycles. The van der Waals surface area contributed by atoms with Gasteiger partial charge in [-0.05, 0) is 86.1 Å². The molecule has 58 heavy (non-hydrogen) atoms. The van der Waals surface area contributed by atoms with E-state index in [2.05, 4.69) is 178 Å². The van der Waals surface area contributed by atoms with Crippen LogP contribution in [0.5, 0.6) is 11.5 Å². The van der Waals surface area contributed by atoms with E-state index < -0.39 is 10.8 Å². The number of phenolic OH excluding ortho intramolecular Hbond substituents is 2. The van der Waals surface area contributed by atoms with Gasteiger partial charge in [0.25, 0.3) is 0 Å². The normalized spacial score (nSPS) is 16.7. The van der Waals surface area contributed by atoms with Gasteiger partial charge >= 0.3 is 0 Å². The molecule has 6 aromatic rings. The Bertz CT molecular complexity index is 2260. The minimum Gasteiger partial charge on any atom is -0.507 e. The maximum absolute atomic E-state index is 12.5. The molecular weight excluding hydrogens is 711 g/mol. The molecule has 0 bridgehead atoms. The Labute approximate surface area is 345 Å². The van der Waals surface area contributed by atoms with Crippen molar-refractivity contribution in [3.63, 3.8) is 0 Å². The number of rotatable bonds is 10. The second-order valence-corrected chi connectivity index (χ2v) is 17.8. The van der Waals surface area contributed by atoms with E-state index in [0.717, 1.165) is 72.6 Å². The zero-order chi connectivity index (χ0) is 40.3. The van der Waals surface area contributed by atoms with E-state index >= 15 is 0 Å². The molecule has 0 amide bonds. The van der Waals surface area contributed by atoms with Crippen molar-refractivity contribution in [2.24, 2.45) is 0 Å². The van der Waals surface area contributed by atoms with Gasteiger partial charge in [-0.2, -0.15) is 0 Å². The molecule has 9 rings (SSSR count). The molecule has 0 radical (unpaired) electrons. The van der Waals surface area contributed by atoms with Crippen LogP contribution in [-0.2, 0) is 23.9 Å². The van der Waals surface area contributed by atoms with Crippen LogP contribution in [0.1, 0.15) is 83.3 Å². The van der Waals surface area contributed by atoms with Gasteiger partial charge in [0.1, 0.15) is 11.5 Å². The molecule has 2 N–H and O–H groups in total. The van der Waals surface area contributed by atoms with E-state index in [0.29, 0.717) is 30.6 Å². The molecular formula is C53H57N3O2. The Morgan fingerprint density at radius 2 is 0.897 bits per heavy atom. The lowest BCUT2D eigenvalue weighted by atomic mass is 9.73. The fourth-order valence-corrected chi connectivity index (χ4v) is 10.7. The van der Waals surface area contributed by atoms with Gasteiger partial charge in [-0.15, -0.1) is 0 Å². The molecule has 296 valence electrons. The number of fused-ring (bicyclic) bond motifs is 6. The Balaban J connectivity index is 1.10. The van der Waals surface area contributed by atoms with Crippen LogP contribution in [-0.4, -0.2) is 70.2 Å². The zero-order valence-corrected chi connectivity index (χ0v) is 35.0. The van der Waals surface area contributed by atoms with Gasteiger partial charge in [0.15, 0.2) is 0 Å². The van der Waals surface area contributed by atoms with Crippen LogP contribution in [0.3, 0.4) is 0 Å². The third kappa shape index (κ3) is 6.27. The van der Waals surface area contributed by atoms with Crippen LogP contribution >= 0.6 is 0 Å². The molecule has 1 saturated heterocycles. The van der Waals surface area contributed by atoms with Gasteiger partial charge in [-0.3, -0.25) is 14.7 Å². The van der Waals surface area contributed by atoms with Crippen molar-refractivity contribution in [1.82, 2.24) is 14.7 Å². The highest BCUT2D eigenvalue weighted by atomic mass is 16.3. The highest BCUT2D eigenvalue weighted by Gasteiger charge is 2.44. The van der Waals surface area contributed by atoms with Crippen LogP contribution in [0.15, 0.2) is 121 Å². The lowest BCUT2D eigenvalue weighted by molar-refractivity contribution is 0.0961. The molecule has 5 nitrogen and oxygen atoms in total. The average Bonchev–Trinajstić information content (AvgIpc) is 3.65. The minimum absolute atomic E-state index is 0.357. The predicted octanol–water partition coefficient (Wildman–Crippen LogP) is 10.4. The molecule has 0 spiro atoms. The lowest BCUT2D eigenvalue weighted by Gasteiger charge is -2.38. The maximum Gasteiger partial charge on any atom is 0.124 e. The molecule has 5 heteroatoms. The number of benzene rings is 6. The van der Waals surface area contributed by atoms with E-state index in [4.69, 9.17) is 0 Å². The van der Waals surface area contributed by atoms with E-state index in [1.165, 1.54) is 44.5 Å². The molecule has 0 saturated carbocycles. The van der Waals surface area contributed by atoms with Crippen molar-refractivity contribution >= 4 is 0 Å². The fraction of sp³-hybridized carbons (Fsp3) is 0.321. The maximum atomic E-state index is 12.5. The van der Waals surface area contributed by atoms with Crippen molar-refractivity contribution in [1.29, 1.82) is 0 Å². The van der Waals surface area contributed by atoms with Crippen molar-refractivity contribution < 1.29 is 10.2 Å². The summed E-state index contributed by atoms with van der Waals surface area (Å²) < 4.78 is 0. The first-order chi connectivity index (χ1) is 28.0. The number of phenols is 2. The standard InChI is InChI=1S/C53H57N3O2/c1-35(2)56-27-25-54(26-28-56)23-24-55(33-38-29-36(3)31-48(50(38)57)52(5)44-19-11-7-15-40(44)41-16-8-12-20-45(41)52)34-39-30-37(4)32-49(51(39)58)53(6)46-21-13-9-17-42(46)43-18-10-14-22-47(43)53/h7-22,29-32,35,57-58H,23-28,33-34H2,1-6H3. The summed E-state index contributed by atoms with van der Waals surface area (Å²) in [6, 6.07) is 43.9. The molecule has 0 aromatic heterocycles. The SMILES string of the molecule is Cc1cc(CN(CCN2CCN(C(C)C)CC2)Cc2cc(C)cc(C3(C)c4ccccc4-c4ccccc43)c2O)c(O)c(C2(C)c3ccccc3-c3ccccc32)c1. The molecule has 3 aliphatic rings. The van der Waals surface area contributed by atoms with Crippen LogP contribution in [0, 0.1) is 13.8 Å². The number of hydrogen-bond acceptors (Lipinski definition) is 5. The van der Waals surface area contributed by atoms with E-state index in [9.17, 15) is 10.2 Å². The van der Waals surface area contributed by atoms with Crippen molar-refractivity contribution in [2.75, 3.05) is 39.3 Å². The largest absolute Gasteiger partial charge is 0.507 e. The van der Waals surface area contributed by atoms with E-state index in [1.54, 1.807) is 0 Å². The van der Waals surface area contributed by atoms with Crippen molar-refractivity contribution in [3.8, 4) is 33.8 Å². The fourth-order valence-electron chi connectivity index (χ4n) is 10.7. The first-order valence-electron chi connectivity index (χ1n) is 21.2. The lowest BCUT2D eigenvalue weighted by Crippen LogP contribution is -2.50. The summed E-state index contributed by atoms with van der Waals surface area (Å²) in [5.74, 6) is 0.715. The number of piperazine rings is 1. The van der Waals surface area contributed by atoms with Gasteiger partial charge in [-0.25, -0.2) is 0 Å². The highest BCUT2D eigenvalue weighted by molar-refractivity contribution is 5.85. The Morgan fingerprint density at radius 3 is 1.26 bits per heavy atom. The van der Waals surface area contributed by atoms with Crippen LogP contribution in [0.4, 0.5) is 0 Å². The Kier molecular flexibility index (Phi) is 9.83. The zero-order valence-electron chi connectivity index (χ0n) is 35.0. The van der Waals surface area contributed by atoms with Crippen molar-refractivity contribution in [2.45, 2.75) is 71.5 Å². The average molecular weight is 768 g/mol. The van der Waals surface area contributed by atoms with Gasteiger partial charge in [0.05, 0.1) is 0 Å². The van der Waals surface area contributed by atoms with Crippen molar-refractivity contribution in [3.05, 3.63) is 177 Å². The Morgan fingerprint density at radius 1 is 0.534 bits per heavy atom. The number of nitrogens with zero attached hydrogens (tertiary/aromatic N) is 3. The summed E-state index contributed by atoms with van der Waals surface area (Å²) in [5.41, 5.74) is 14.8. The molecule has 0 unspecified atom stereocenters. The van der Waals surface area contributed by atoms with E-state index in [1.807, 2.05) is 0 Å². The number of aryl methyl sites for hydroxylation is 2. The van der Waals surface area contributed by atoms with E-state index in [-0.39, 0.29) is 0 Å². The minimum atomic E-state index is -0.508. The monoisotopic (exact) mass is 767 g/mol. The van der Waals surface area contributed by atoms with Crippen LogP contribution < -0.4 is 0 Å². The molecule has 2 aliphatic carbocycles. The number of hydrogen-bond donors (Lipinski definition) is 2. The summed E-state index contributed by atoms with van der Waals surface area (Å²) in [7, 11) is 0. The van der Waals surface area contributed by atoms with Crippen LogP contribution in [0.2, 0.25) is 0 Å². The Hall–Kier alpha value is -5.20. The van der Waals surface area contributed by atoms with Gasteiger partial charge in [0.2, 0.25) is 0 Å². The van der Waals surface area contributed by atoms with Gasteiger partial charge in [-0.1, -0.05) is 132 Å². The summed E-state index contributed by atoms with van der Waals surface area (Å²) >= 11 is 0. The smallest absolute Gasteiger partial charge is 0.124 e. The van der Waals surface area contributed by atoms with Gasteiger partial charge < -0.3 is 10.2 Å². The quantitative estimate of drug-likeness (QED) is 0.145. The summed E-state index contributed by atoms with van der Waals surface area (Å²) in [6.07, 6.45) is 0. The van der Waals surface area contributed by atoms with Gasteiger partial charge in [0, 0.05) is 91.5 Å². The predicted molar refractivity (Wildman–Crippen MR) is 238 cm³/mol.